The monoisotopic (exact) mass is 230 g/mol. The van der Waals surface area contributed by atoms with Crippen LogP contribution in [0.5, 0.6) is 0 Å². The zero-order chi connectivity index (χ0) is 11.9. The van der Waals surface area contributed by atoms with Gasteiger partial charge < -0.3 is 10.1 Å². The minimum absolute atomic E-state index is 0.0534. The smallest absolute Gasteiger partial charge is 0.417 e. The van der Waals surface area contributed by atoms with Gasteiger partial charge in [-0.15, -0.1) is 0 Å². The Bertz CT molecular complexity index is 559. The SMILES string of the molecule is O=C(O)c1c[nH]c2ncc(C(F)(F)F)cc12. The highest BCUT2D eigenvalue weighted by Gasteiger charge is 2.31. The lowest BCUT2D eigenvalue weighted by molar-refractivity contribution is -0.137. The zero-order valence-electron chi connectivity index (χ0n) is 7.67. The van der Waals surface area contributed by atoms with E-state index in [1.165, 1.54) is 0 Å². The van der Waals surface area contributed by atoms with Crippen LogP contribution in [-0.4, -0.2) is 21.0 Å². The first-order valence-electron chi connectivity index (χ1n) is 4.17. The van der Waals surface area contributed by atoms with E-state index in [0.29, 0.717) is 6.20 Å². The molecule has 0 amide bonds. The van der Waals surface area contributed by atoms with Crippen molar-refractivity contribution in [2.75, 3.05) is 0 Å². The van der Waals surface area contributed by atoms with Gasteiger partial charge in [0.15, 0.2) is 0 Å². The highest BCUT2D eigenvalue weighted by molar-refractivity contribution is 6.02. The summed E-state index contributed by atoms with van der Waals surface area (Å²) in [5.41, 5.74) is -1.08. The van der Waals surface area contributed by atoms with Crippen molar-refractivity contribution in [1.82, 2.24) is 9.97 Å². The number of hydrogen-bond acceptors (Lipinski definition) is 2. The number of fused-ring (bicyclic) bond motifs is 1. The number of nitrogens with one attached hydrogen (secondary N) is 1. The Labute approximate surface area is 86.7 Å². The molecule has 84 valence electrons. The third kappa shape index (κ3) is 1.60. The summed E-state index contributed by atoms with van der Waals surface area (Å²) in [5, 5.41) is 8.68. The Hall–Kier alpha value is -2.05. The van der Waals surface area contributed by atoms with Crippen molar-refractivity contribution in [3.05, 3.63) is 29.6 Å². The molecule has 2 rings (SSSR count). The van der Waals surface area contributed by atoms with Gasteiger partial charge in [0.05, 0.1) is 11.1 Å². The molecule has 16 heavy (non-hydrogen) atoms. The minimum Gasteiger partial charge on any atom is -0.478 e. The van der Waals surface area contributed by atoms with E-state index in [2.05, 4.69) is 9.97 Å². The maximum absolute atomic E-state index is 12.4. The first kappa shape index (κ1) is 10.5. The minimum atomic E-state index is -4.53. The number of H-pyrrole nitrogens is 1. The average molecular weight is 230 g/mol. The number of rotatable bonds is 1. The fraction of sp³-hybridized carbons (Fsp3) is 0.111. The molecule has 0 saturated carbocycles. The molecule has 0 atom stereocenters. The summed E-state index contributed by atoms with van der Waals surface area (Å²) in [6.07, 6.45) is -2.77. The first-order chi connectivity index (χ1) is 7.39. The van der Waals surface area contributed by atoms with Crippen molar-refractivity contribution in [2.45, 2.75) is 6.18 Å². The van der Waals surface area contributed by atoms with Crippen LogP contribution < -0.4 is 0 Å². The highest BCUT2D eigenvalue weighted by atomic mass is 19.4. The number of carbonyl (C=O) groups is 1. The van der Waals surface area contributed by atoms with E-state index in [1.807, 2.05) is 0 Å². The van der Waals surface area contributed by atoms with Crippen molar-refractivity contribution >= 4 is 17.0 Å². The summed E-state index contributed by atoms with van der Waals surface area (Å²) < 4.78 is 37.1. The van der Waals surface area contributed by atoms with Crippen LogP contribution in [0, 0.1) is 0 Å². The van der Waals surface area contributed by atoms with Crippen LogP contribution in [0.15, 0.2) is 18.5 Å². The van der Waals surface area contributed by atoms with Gasteiger partial charge in [0.2, 0.25) is 0 Å². The van der Waals surface area contributed by atoms with Gasteiger partial charge in [-0.25, -0.2) is 9.78 Å². The van der Waals surface area contributed by atoms with E-state index in [1.54, 1.807) is 0 Å². The van der Waals surface area contributed by atoms with E-state index >= 15 is 0 Å². The second-order valence-corrected chi connectivity index (χ2v) is 3.13. The summed E-state index contributed by atoms with van der Waals surface area (Å²) in [5.74, 6) is -1.30. The highest BCUT2D eigenvalue weighted by Crippen LogP contribution is 2.31. The quantitative estimate of drug-likeness (QED) is 0.789. The predicted octanol–water partition coefficient (Wildman–Crippen LogP) is 2.28. The van der Waals surface area contributed by atoms with Gasteiger partial charge in [-0.05, 0) is 6.07 Å². The Morgan fingerprint density at radius 3 is 2.69 bits per heavy atom. The van der Waals surface area contributed by atoms with Gasteiger partial charge >= 0.3 is 12.1 Å². The van der Waals surface area contributed by atoms with Gasteiger partial charge in [-0.3, -0.25) is 0 Å². The van der Waals surface area contributed by atoms with Crippen LogP contribution in [0.3, 0.4) is 0 Å². The molecular formula is C9H5F3N2O2. The molecule has 0 aliphatic carbocycles. The Morgan fingerprint density at radius 2 is 2.12 bits per heavy atom. The van der Waals surface area contributed by atoms with Gasteiger partial charge in [-0.2, -0.15) is 13.2 Å². The number of carboxylic acid groups (broad SMARTS) is 1. The predicted molar refractivity (Wildman–Crippen MR) is 48.1 cm³/mol. The Balaban J connectivity index is 2.68. The van der Waals surface area contributed by atoms with Crippen molar-refractivity contribution in [2.24, 2.45) is 0 Å². The maximum Gasteiger partial charge on any atom is 0.417 e. The summed E-state index contributed by atoms with van der Waals surface area (Å²) in [6.45, 7) is 0. The van der Waals surface area contributed by atoms with Gasteiger partial charge in [0.1, 0.15) is 5.65 Å². The molecule has 0 spiro atoms. The van der Waals surface area contributed by atoms with Crippen LogP contribution in [0.1, 0.15) is 15.9 Å². The molecule has 2 aromatic rings. The molecule has 0 unspecified atom stereocenters. The number of aromatic amines is 1. The Kier molecular flexibility index (Phi) is 2.11. The second kappa shape index (κ2) is 3.22. The van der Waals surface area contributed by atoms with Gasteiger partial charge in [0.25, 0.3) is 0 Å². The molecule has 7 heteroatoms. The third-order valence-corrected chi connectivity index (χ3v) is 2.09. The van der Waals surface area contributed by atoms with Crippen LogP contribution in [0.4, 0.5) is 13.2 Å². The number of hydrogen-bond donors (Lipinski definition) is 2. The Morgan fingerprint density at radius 1 is 1.44 bits per heavy atom. The van der Waals surface area contributed by atoms with Gasteiger partial charge in [-0.1, -0.05) is 0 Å². The fourth-order valence-electron chi connectivity index (χ4n) is 1.34. The summed E-state index contributed by atoms with van der Waals surface area (Å²) >= 11 is 0. The van der Waals surface area contributed by atoms with Crippen LogP contribution >= 0.6 is 0 Å². The molecule has 2 heterocycles. The van der Waals surface area contributed by atoms with E-state index in [9.17, 15) is 18.0 Å². The lowest BCUT2D eigenvalue weighted by Crippen LogP contribution is -2.05. The van der Waals surface area contributed by atoms with Crippen LogP contribution in [0.2, 0.25) is 0 Å². The molecule has 0 aromatic carbocycles. The number of carboxylic acids is 1. The van der Waals surface area contributed by atoms with Crippen LogP contribution in [-0.2, 0) is 6.18 Å². The largest absolute Gasteiger partial charge is 0.478 e. The second-order valence-electron chi connectivity index (χ2n) is 3.13. The lowest BCUT2D eigenvalue weighted by atomic mass is 10.1. The van der Waals surface area contributed by atoms with Crippen molar-refractivity contribution in [1.29, 1.82) is 0 Å². The number of alkyl halides is 3. The molecule has 0 fully saturated rings. The van der Waals surface area contributed by atoms with E-state index in [-0.39, 0.29) is 16.6 Å². The van der Waals surface area contributed by atoms with Crippen LogP contribution in [0.25, 0.3) is 11.0 Å². The van der Waals surface area contributed by atoms with Gasteiger partial charge in [0, 0.05) is 17.8 Å². The number of aromatic carboxylic acids is 1. The average Bonchev–Trinajstić information content (AvgIpc) is 2.58. The summed E-state index contributed by atoms with van der Waals surface area (Å²) in [4.78, 5) is 16.7. The molecule has 0 bridgehead atoms. The van der Waals surface area contributed by atoms with Crippen molar-refractivity contribution < 1.29 is 23.1 Å². The first-order valence-corrected chi connectivity index (χ1v) is 4.17. The molecule has 4 nitrogen and oxygen atoms in total. The molecule has 0 radical (unpaired) electrons. The van der Waals surface area contributed by atoms with Crippen molar-refractivity contribution in [3.8, 4) is 0 Å². The van der Waals surface area contributed by atoms with E-state index in [0.717, 1.165) is 12.3 Å². The topological polar surface area (TPSA) is 66.0 Å². The van der Waals surface area contributed by atoms with Crippen molar-refractivity contribution in [3.63, 3.8) is 0 Å². The van der Waals surface area contributed by atoms with E-state index in [4.69, 9.17) is 5.11 Å². The normalized spacial score (nSPS) is 11.9. The number of halogens is 3. The molecule has 0 aliphatic heterocycles. The maximum atomic E-state index is 12.4. The summed E-state index contributed by atoms with van der Waals surface area (Å²) in [7, 11) is 0. The number of aromatic nitrogens is 2. The molecule has 2 aromatic heterocycles. The molecular weight excluding hydrogens is 225 g/mol. The lowest BCUT2D eigenvalue weighted by Gasteiger charge is -2.05. The summed E-state index contributed by atoms with van der Waals surface area (Å²) in [6, 6.07) is 0.766. The molecule has 0 saturated heterocycles. The third-order valence-electron chi connectivity index (χ3n) is 2.09. The molecule has 0 aliphatic rings. The molecule has 2 N–H and O–H groups in total. The number of nitrogens with zero attached hydrogens (tertiary/aromatic N) is 1. The van der Waals surface area contributed by atoms with E-state index < -0.39 is 17.7 Å². The zero-order valence-corrected chi connectivity index (χ0v) is 7.67. The standard InChI is InChI=1S/C9H5F3N2O2/c10-9(11,12)4-1-5-6(8(15)16)3-14-7(5)13-2-4/h1-3H,(H,13,14)(H,15,16). The number of pyridine rings is 1. The fourth-order valence-corrected chi connectivity index (χ4v) is 1.34.